The topological polar surface area (TPSA) is 21.6 Å². The zero-order chi connectivity index (χ0) is 11.4. The van der Waals surface area contributed by atoms with Crippen molar-refractivity contribution in [1.29, 1.82) is 0 Å². The molecule has 2 rings (SSSR count). The van der Waals surface area contributed by atoms with Crippen LogP contribution in [-0.2, 0) is 17.7 Å². The van der Waals surface area contributed by atoms with Crippen LogP contribution in [0, 0.1) is 0 Å². The highest BCUT2D eigenvalue weighted by Gasteiger charge is 2.10. The smallest absolute Gasteiger partial charge is 0.114 e. The number of benzene rings is 1. The molecule has 0 aliphatic heterocycles. The fourth-order valence-corrected chi connectivity index (χ4v) is 2.17. The summed E-state index contributed by atoms with van der Waals surface area (Å²) in [6, 6.07) is 6.67. The van der Waals surface area contributed by atoms with Gasteiger partial charge in [0.05, 0.1) is 5.71 Å². The van der Waals surface area contributed by atoms with Crippen LogP contribution >= 0.6 is 0 Å². The van der Waals surface area contributed by atoms with E-state index >= 15 is 0 Å². The third-order valence-corrected chi connectivity index (χ3v) is 3.10. The Morgan fingerprint density at radius 1 is 1.25 bits per heavy atom. The molecular weight excluding hydrogens is 198 g/mol. The SMILES string of the molecule is CCO/N=C(\C)c1ccc2c(c1)CCCC2. The van der Waals surface area contributed by atoms with Gasteiger partial charge in [0.25, 0.3) is 0 Å². The average molecular weight is 217 g/mol. The number of aryl methyl sites for hydroxylation is 2. The molecule has 0 aromatic heterocycles. The molecule has 0 atom stereocenters. The van der Waals surface area contributed by atoms with Gasteiger partial charge in [0.2, 0.25) is 0 Å². The highest BCUT2D eigenvalue weighted by Crippen LogP contribution is 2.22. The third-order valence-electron chi connectivity index (χ3n) is 3.10. The lowest BCUT2D eigenvalue weighted by Gasteiger charge is -2.16. The van der Waals surface area contributed by atoms with Crippen LogP contribution in [0.5, 0.6) is 0 Å². The summed E-state index contributed by atoms with van der Waals surface area (Å²) in [5.74, 6) is 0. The second-order valence-corrected chi connectivity index (χ2v) is 4.29. The first-order valence-corrected chi connectivity index (χ1v) is 6.10. The van der Waals surface area contributed by atoms with Gasteiger partial charge in [-0.1, -0.05) is 17.3 Å². The molecule has 0 spiro atoms. The molecule has 0 N–H and O–H groups in total. The molecule has 1 aliphatic rings. The Morgan fingerprint density at radius 3 is 2.75 bits per heavy atom. The van der Waals surface area contributed by atoms with Crippen LogP contribution in [0.15, 0.2) is 23.4 Å². The summed E-state index contributed by atoms with van der Waals surface area (Å²) in [6.45, 7) is 4.58. The molecule has 0 fully saturated rings. The standard InChI is InChI=1S/C14H19NO/c1-3-16-15-11(2)13-9-8-12-6-4-5-7-14(12)10-13/h8-10H,3-7H2,1-2H3/b15-11+. The maximum atomic E-state index is 5.08. The molecule has 0 saturated carbocycles. The summed E-state index contributed by atoms with van der Waals surface area (Å²) in [4.78, 5) is 5.08. The van der Waals surface area contributed by atoms with Crippen molar-refractivity contribution >= 4 is 5.71 Å². The first-order chi connectivity index (χ1) is 7.81. The van der Waals surface area contributed by atoms with Crippen LogP contribution in [0.1, 0.15) is 43.4 Å². The summed E-state index contributed by atoms with van der Waals surface area (Å²) in [5, 5.41) is 4.08. The van der Waals surface area contributed by atoms with Crippen molar-refractivity contribution in [1.82, 2.24) is 0 Å². The van der Waals surface area contributed by atoms with E-state index < -0.39 is 0 Å². The zero-order valence-electron chi connectivity index (χ0n) is 10.1. The number of fused-ring (bicyclic) bond motifs is 1. The molecule has 1 aliphatic carbocycles. The van der Waals surface area contributed by atoms with Crippen LogP contribution < -0.4 is 0 Å². The predicted octanol–water partition coefficient (Wildman–Crippen LogP) is 3.33. The molecule has 1 aromatic rings. The minimum atomic E-state index is 0.627. The highest BCUT2D eigenvalue weighted by molar-refractivity contribution is 5.98. The number of nitrogens with zero attached hydrogens (tertiary/aromatic N) is 1. The largest absolute Gasteiger partial charge is 0.396 e. The van der Waals surface area contributed by atoms with E-state index in [2.05, 4.69) is 23.4 Å². The van der Waals surface area contributed by atoms with E-state index in [1.807, 2.05) is 13.8 Å². The molecule has 0 radical (unpaired) electrons. The molecule has 86 valence electrons. The minimum absolute atomic E-state index is 0.627. The van der Waals surface area contributed by atoms with Crippen molar-refractivity contribution in [2.75, 3.05) is 6.61 Å². The zero-order valence-corrected chi connectivity index (χ0v) is 10.1. The van der Waals surface area contributed by atoms with Crippen molar-refractivity contribution in [3.8, 4) is 0 Å². The first-order valence-electron chi connectivity index (χ1n) is 6.10. The van der Waals surface area contributed by atoms with Gasteiger partial charge in [-0.3, -0.25) is 0 Å². The average Bonchev–Trinajstić information content (AvgIpc) is 2.35. The summed E-state index contributed by atoms with van der Waals surface area (Å²) in [5.41, 5.74) is 5.17. The monoisotopic (exact) mass is 217 g/mol. The van der Waals surface area contributed by atoms with Gasteiger partial charge in [-0.25, -0.2) is 0 Å². The van der Waals surface area contributed by atoms with Crippen molar-refractivity contribution in [3.63, 3.8) is 0 Å². The van der Waals surface area contributed by atoms with Gasteiger partial charge in [-0.2, -0.15) is 0 Å². The van der Waals surface area contributed by atoms with Crippen LogP contribution in [-0.4, -0.2) is 12.3 Å². The Balaban J connectivity index is 2.22. The van der Waals surface area contributed by atoms with Crippen LogP contribution in [0.25, 0.3) is 0 Å². The Morgan fingerprint density at radius 2 is 2.00 bits per heavy atom. The molecular formula is C14H19NO. The maximum absolute atomic E-state index is 5.08. The molecule has 0 heterocycles. The lowest BCUT2D eigenvalue weighted by molar-refractivity contribution is 0.159. The quantitative estimate of drug-likeness (QED) is 0.562. The number of hydrogen-bond acceptors (Lipinski definition) is 2. The van der Waals surface area contributed by atoms with Crippen molar-refractivity contribution in [2.24, 2.45) is 5.16 Å². The van der Waals surface area contributed by atoms with E-state index in [0.29, 0.717) is 6.61 Å². The van der Waals surface area contributed by atoms with Gasteiger partial charge in [0.15, 0.2) is 0 Å². The van der Waals surface area contributed by atoms with E-state index in [1.54, 1.807) is 0 Å². The minimum Gasteiger partial charge on any atom is -0.396 e. The van der Waals surface area contributed by atoms with E-state index in [0.717, 1.165) is 5.71 Å². The lowest BCUT2D eigenvalue weighted by atomic mass is 9.90. The van der Waals surface area contributed by atoms with Gasteiger partial charge in [0.1, 0.15) is 6.61 Å². The number of rotatable bonds is 3. The fraction of sp³-hybridized carbons (Fsp3) is 0.500. The lowest BCUT2D eigenvalue weighted by Crippen LogP contribution is -2.05. The molecule has 0 bridgehead atoms. The van der Waals surface area contributed by atoms with E-state index in [4.69, 9.17) is 4.84 Å². The first kappa shape index (κ1) is 11.2. The van der Waals surface area contributed by atoms with Crippen molar-refractivity contribution < 1.29 is 4.84 Å². The van der Waals surface area contributed by atoms with Gasteiger partial charge in [-0.05, 0) is 62.3 Å². The van der Waals surface area contributed by atoms with E-state index in [1.165, 1.54) is 42.4 Å². The fourth-order valence-electron chi connectivity index (χ4n) is 2.17. The third kappa shape index (κ3) is 2.43. The predicted molar refractivity (Wildman–Crippen MR) is 66.9 cm³/mol. The van der Waals surface area contributed by atoms with Crippen LogP contribution in [0.4, 0.5) is 0 Å². The Kier molecular flexibility index (Phi) is 3.60. The van der Waals surface area contributed by atoms with Crippen molar-refractivity contribution in [2.45, 2.75) is 39.5 Å². The molecule has 1 aromatic carbocycles. The molecule has 2 nitrogen and oxygen atoms in total. The summed E-state index contributed by atoms with van der Waals surface area (Å²) < 4.78 is 0. The highest BCUT2D eigenvalue weighted by atomic mass is 16.6. The molecule has 0 amide bonds. The molecule has 0 saturated heterocycles. The van der Waals surface area contributed by atoms with Gasteiger partial charge in [-0.15, -0.1) is 0 Å². The summed E-state index contributed by atoms with van der Waals surface area (Å²) >= 11 is 0. The van der Waals surface area contributed by atoms with Gasteiger partial charge in [0, 0.05) is 0 Å². The molecule has 2 heteroatoms. The normalized spacial score (nSPS) is 15.8. The van der Waals surface area contributed by atoms with Gasteiger partial charge >= 0.3 is 0 Å². The summed E-state index contributed by atoms with van der Waals surface area (Å²) in [6.07, 6.45) is 5.10. The van der Waals surface area contributed by atoms with Crippen molar-refractivity contribution in [3.05, 3.63) is 34.9 Å². The van der Waals surface area contributed by atoms with E-state index in [-0.39, 0.29) is 0 Å². The summed E-state index contributed by atoms with van der Waals surface area (Å²) in [7, 11) is 0. The van der Waals surface area contributed by atoms with Crippen LogP contribution in [0.2, 0.25) is 0 Å². The Hall–Kier alpha value is -1.31. The van der Waals surface area contributed by atoms with Gasteiger partial charge < -0.3 is 4.84 Å². The Bertz CT molecular complexity index is 396. The van der Waals surface area contributed by atoms with E-state index in [9.17, 15) is 0 Å². The van der Waals surface area contributed by atoms with Crippen LogP contribution in [0.3, 0.4) is 0 Å². The molecule has 0 unspecified atom stereocenters. The maximum Gasteiger partial charge on any atom is 0.114 e. The number of oxime groups is 1. The second-order valence-electron chi connectivity index (χ2n) is 4.29. The second kappa shape index (κ2) is 5.15. The number of hydrogen-bond donors (Lipinski definition) is 0. The molecule has 16 heavy (non-hydrogen) atoms. The Labute approximate surface area is 97.3 Å².